The average molecular weight is 400 g/mol. The minimum absolute atomic E-state index is 0.0314. The molecule has 2 atom stereocenters. The predicted molar refractivity (Wildman–Crippen MR) is 115 cm³/mol. The molecule has 2 heterocycles. The predicted octanol–water partition coefficient (Wildman–Crippen LogP) is 4.75. The molecule has 5 nitrogen and oxygen atoms in total. The van der Waals surface area contributed by atoms with Crippen LogP contribution in [-0.2, 0) is 0 Å². The molecule has 0 radical (unpaired) electrons. The summed E-state index contributed by atoms with van der Waals surface area (Å²) < 4.78 is 0. The molecule has 2 aliphatic heterocycles. The molecule has 7 heteroatoms. The molecule has 138 valence electrons. The lowest BCUT2D eigenvalue weighted by Gasteiger charge is -2.37. The van der Waals surface area contributed by atoms with Crippen molar-refractivity contribution in [3.8, 4) is 0 Å². The number of hydrogen-bond acceptors (Lipinski definition) is 5. The summed E-state index contributed by atoms with van der Waals surface area (Å²) in [5, 5.41) is 4.53. The van der Waals surface area contributed by atoms with Gasteiger partial charge in [-0.1, -0.05) is 35.3 Å². The zero-order chi connectivity index (χ0) is 19.0. The first kappa shape index (κ1) is 17.9. The summed E-state index contributed by atoms with van der Waals surface area (Å²) in [7, 11) is 2.00. The van der Waals surface area contributed by atoms with Gasteiger partial charge in [0.25, 0.3) is 0 Å². The molecule has 0 aromatic heterocycles. The maximum atomic E-state index is 6.39. The van der Waals surface area contributed by atoms with Gasteiger partial charge in [-0.3, -0.25) is 0 Å². The van der Waals surface area contributed by atoms with Crippen molar-refractivity contribution in [3.63, 3.8) is 0 Å². The van der Waals surface area contributed by atoms with E-state index in [4.69, 9.17) is 33.9 Å². The van der Waals surface area contributed by atoms with Crippen molar-refractivity contribution in [2.45, 2.75) is 12.6 Å². The number of nitrogens with zero attached hydrogens (tertiary/aromatic N) is 3. The summed E-state index contributed by atoms with van der Waals surface area (Å²) in [6.45, 7) is 0. The summed E-state index contributed by atoms with van der Waals surface area (Å²) >= 11 is 12.8. The molecule has 0 bridgehead atoms. The molecule has 2 aromatic carbocycles. The van der Waals surface area contributed by atoms with Crippen LogP contribution in [0.15, 0.2) is 58.6 Å². The van der Waals surface area contributed by atoms with Crippen LogP contribution in [0.25, 0.3) is 5.57 Å². The molecule has 0 spiro atoms. The minimum Gasteiger partial charge on any atom is -0.399 e. The largest absolute Gasteiger partial charge is 0.399 e. The second-order valence-corrected chi connectivity index (χ2v) is 7.49. The van der Waals surface area contributed by atoms with E-state index in [1.807, 2.05) is 55.7 Å². The smallest absolute Gasteiger partial charge is 0.224 e. The number of aliphatic imine (C=N–C) groups is 2. The Morgan fingerprint density at radius 3 is 2.63 bits per heavy atom. The van der Waals surface area contributed by atoms with Crippen LogP contribution in [0.1, 0.15) is 12.0 Å². The molecular weight excluding hydrogens is 381 g/mol. The van der Waals surface area contributed by atoms with E-state index in [-0.39, 0.29) is 12.1 Å². The van der Waals surface area contributed by atoms with Crippen LogP contribution >= 0.6 is 23.2 Å². The molecule has 2 aromatic rings. The second-order valence-electron chi connectivity index (χ2n) is 6.68. The number of nitrogens with two attached hydrogens (primary N) is 1. The van der Waals surface area contributed by atoms with E-state index in [0.717, 1.165) is 23.2 Å². The van der Waals surface area contributed by atoms with Gasteiger partial charge in [-0.15, -0.1) is 0 Å². The van der Waals surface area contributed by atoms with Gasteiger partial charge < -0.3 is 16.0 Å². The SMILES string of the molecule is CN1C=C(c2c(Cl)cccc2Cl)CC2C=NC(Nc3cccc(N)c3)=NC21. The molecule has 2 unspecified atom stereocenters. The quantitative estimate of drug-likeness (QED) is 0.716. The van der Waals surface area contributed by atoms with E-state index in [9.17, 15) is 0 Å². The van der Waals surface area contributed by atoms with E-state index in [2.05, 4.69) is 21.4 Å². The van der Waals surface area contributed by atoms with Gasteiger partial charge in [0, 0.05) is 52.4 Å². The van der Waals surface area contributed by atoms with Crippen molar-refractivity contribution < 1.29 is 0 Å². The van der Waals surface area contributed by atoms with Crippen LogP contribution in [0.4, 0.5) is 11.4 Å². The van der Waals surface area contributed by atoms with E-state index >= 15 is 0 Å². The summed E-state index contributed by atoms with van der Waals surface area (Å²) in [5.74, 6) is 0.718. The first-order chi connectivity index (χ1) is 13.0. The van der Waals surface area contributed by atoms with Gasteiger partial charge in [0.1, 0.15) is 6.17 Å². The van der Waals surface area contributed by atoms with Gasteiger partial charge in [-0.25, -0.2) is 9.98 Å². The van der Waals surface area contributed by atoms with Crippen LogP contribution in [-0.4, -0.2) is 30.3 Å². The Balaban J connectivity index is 1.59. The Morgan fingerprint density at radius 1 is 1.15 bits per heavy atom. The van der Waals surface area contributed by atoms with Crippen LogP contribution in [0, 0.1) is 5.92 Å². The molecular formula is C20H19Cl2N5. The average Bonchev–Trinajstić information content (AvgIpc) is 2.62. The van der Waals surface area contributed by atoms with E-state index in [1.165, 1.54) is 0 Å². The molecule has 27 heavy (non-hydrogen) atoms. The lowest BCUT2D eigenvalue weighted by atomic mass is 9.89. The molecule has 4 rings (SSSR count). The Labute approximate surface area is 168 Å². The number of allylic oxidation sites excluding steroid dienone is 1. The summed E-state index contributed by atoms with van der Waals surface area (Å²) in [4.78, 5) is 11.3. The van der Waals surface area contributed by atoms with Crippen molar-refractivity contribution in [3.05, 3.63) is 64.3 Å². The number of nitrogens with one attached hydrogen (secondary N) is 1. The van der Waals surface area contributed by atoms with Crippen molar-refractivity contribution in [1.82, 2.24) is 4.90 Å². The van der Waals surface area contributed by atoms with Crippen LogP contribution in [0.3, 0.4) is 0 Å². The first-order valence-electron chi connectivity index (χ1n) is 8.63. The van der Waals surface area contributed by atoms with Gasteiger partial charge >= 0.3 is 0 Å². The highest BCUT2D eigenvalue weighted by atomic mass is 35.5. The number of hydrogen-bond donors (Lipinski definition) is 2. The summed E-state index contributed by atoms with van der Waals surface area (Å²) in [6.07, 6.45) is 4.75. The third kappa shape index (κ3) is 3.66. The van der Waals surface area contributed by atoms with Crippen molar-refractivity contribution in [2.24, 2.45) is 15.9 Å². The van der Waals surface area contributed by atoms with Crippen molar-refractivity contribution >= 4 is 52.3 Å². The Kier molecular flexibility index (Phi) is 4.81. The van der Waals surface area contributed by atoms with Crippen molar-refractivity contribution in [1.29, 1.82) is 0 Å². The zero-order valence-corrected chi connectivity index (χ0v) is 16.2. The Bertz CT molecular complexity index is 946. The lowest BCUT2D eigenvalue weighted by Crippen LogP contribution is -2.41. The zero-order valence-electron chi connectivity index (χ0n) is 14.7. The topological polar surface area (TPSA) is 66.0 Å². The minimum atomic E-state index is -0.0314. The van der Waals surface area contributed by atoms with Crippen LogP contribution in [0.5, 0.6) is 0 Å². The van der Waals surface area contributed by atoms with Gasteiger partial charge in [0.15, 0.2) is 0 Å². The fraction of sp³-hybridized carbons (Fsp3) is 0.200. The number of benzene rings is 2. The number of nitrogen functional groups attached to an aromatic ring is 1. The first-order valence-corrected chi connectivity index (χ1v) is 9.38. The lowest BCUT2D eigenvalue weighted by molar-refractivity contribution is 0.275. The fourth-order valence-corrected chi connectivity index (χ4v) is 4.10. The third-order valence-electron chi connectivity index (χ3n) is 4.68. The highest BCUT2D eigenvalue weighted by Crippen LogP contribution is 2.39. The third-order valence-corrected chi connectivity index (χ3v) is 5.31. The summed E-state index contributed by atoms with van der Waals surface area (Å²) in [6, 6.07) is 13.1. The van der Waals surface area contributed by atoms with Gasteiger partial charge in [0.05, 0.1) is 0 Å². The number of fused-ring (bicyclic) bond motifs is 1. The van der Waals surface area contributed by atoms with E-state index in [0.29, 0.717) is 21.7 Å². The molecule has 2 aliphatic rings. The molecule has 0 saturated carbocycles. The summed E-state index contributed by atoms with van der Waals surface area (Å²) in [5.41, 5.74) is 9.35. The molecule has 0 saturated heterocycles. The number of rotatable bonds is 2. The fourth-order valence-electron chi connectivity index (χ4n) is 3.46. The van der Waals surface area contributed by atoms with Gasteiger partial charge in [-0.2, -0.15) is 0 Å². The number of anilines is 2. The Morgan fingerprint density at radius 2 is 1.89 bits per heavy atom. The van der Waals surface area contributed by atoms with Gasteiger partial charge in [-0.05, 0) is 42.3 Å². The maximum Gasteiger partial charge on any atom is 0.224 e. The second kappa shape index (κ2) is 7.25. The van der Waals surface area contributed by atoms with Crippen molar-refractivity contribution in [2.75, 3.05) is 18.1 Å². The highest BCUT2D eigenvalue weighted by Gasteiger charge is 2.32. The maximum absolute atomic E-state index is 6.39. The molecule has 0 aliphatic carbocycles. The number of halogens is 2. The van der Waals surface area contributed by atoms with Crippen LogP contribution < -0.4 is 11.1 Å². The number of guanidine groups is 1. The van der Waals surface area contributed by atoms with E-state index < -0.39 is 0 Å². The Hall–Kier alpha value is -2.50. The molecule has 0 fully saturated rings. The molecule has 0 amide bonds. The monoisotopic (exact) mass is 399 g/mol. The van der Waals surface area contributed by atoms with Crippen LogP contribution in [0.2, 0.25) is 10.0 Å². The highest BCUT2D eigenvalue weighted by molar-refractivity contribution is 6.37. The normalized spacial score (nSPS) is 21.4. The molecule has 3 N–H and O–H groups in total. The standard InChI is InChI=1S/C20H19Cl2N5/c1-27-11-13(18-16(21)6-3-7-17(18)22)8-12-10-24-20(26-19(12)27)25-15-5-2-4-14(23)9-15/h2-7,9-12,19H,8,23H2,1H3,(H,25,26). The van der Waals surface area contributed by atoms with E-state index in [1.54, 1.807) is 0 Å². The van der Waals surface area contributed by atoms with Gasteiger partial charge in [0.2, 0.25) is 5.96 Å².